The van der Waals surface area contributed by atoms with E-state index in [1.54, 1.807) is 0 Å². The standard InChI is InChI=1S/C13H11N3O5/c17-11-6-13(19)12(18)5-8(11)7-14-15-9-1-3-10(4-2-9)16(20)21/h1-7,15,17-19H/b14-7+. The molecule has 0 spiro atoms. The van der Waals surface area contributed by atoms with Crippen LogP contribution >= 0.6 is 0 Å². The van der Waals surface area contributed by atoms with E-state index in [0.29, 0.717) is 5.69 Å². The fraction of sp³-hybridized carbons (Fsp3) is 0. The van der Waals surface area contributed by atoms with Gasteiger partial charge in [0.25, 0.3) is 5.69 Å². The molecule has 0 aliphatic heterocycles. The van der Waals surface area contributed by atoms with Crippen molar-refractivity contribution in [1.29, 1.82) is 0 Å². The van der Waals surface area contributed by atoms with Crippen molar-refractivity contribution in [2.45, 2.75) is 0 Å². The number of anilines is 1. The van der Waals surface area contributed by atoms with Gasteiger partial charge in [0.05, 0.1) is 16.8 Å². The third kappa shape index (κ3) is 3.38. The van der Waals surface area contributed by atoms with Crippen molar-refractivity contribution in [2.24, 2.45) is 5.10 Å². The first-order valence-corrected chi connectivity index (χ1v) is 5.76. The molecule has 0 saturated heterocycles. The zero-order valence-corrected chi connectivity index (χ0v) is 10.6. The number of hydrogen-bond donors (Lipinski definition) is 4. The molecule has 0 fully saturated rings. The van der Waals surface area contributed by atoms with Crippen molar-refractivity contribution < 1.29 is 20.2 Å². The molecule has 2 rings (SSSR count). The van der Waals surface area contributed by atoms with Gasteiger partial charge < -0.3 is 15.3 Å². The van der Waals surface area contributed by atoms with Crippen molar-refractivity contribution in [3.63, 3.8) is 0 Å². The van der Waals surface area contributed by atoms with Gasteiger partial charge >= 0.3 is 0 Å². The number of nitro benzene ring substituents is 1. The molecular weight excluding hydrogens is 278 g/mol. The molecule has 2 aromatic rings. The van der Waals surface area contributed by atoms with Crippen LogP contribution in [0.2, 0.25) is 0 Å². The largest absolute Gasteiger partial charge is 0.507 e. The van der Waals surface area contributed by atoms with Gasteiger partial charge in [-0.05, 0) is 18.2 Å². The highest BCUT2D eigenvalue weighted by Gasteiger charge is 2.06. The second-order valence-corrected chi connectivity index (χ2v) is 4.07. The van der Waals surface area contributed by atoms with Gasteiger partial charge in [0.1, 0.15) is 5.75 Å². The minimum absolute atomic E-state index is 0.0365. The SMILES string of the molecule is O=[N+]([O-])c1ccc(N/N=C/c2cc(O)c(O)cc2O)cc1. The first kappa shape index (κ1) is 14.1. The summed E-state index contributed by atoms with van der Waals surface area (Å²) in [6.45, 7) is 0. The Bertz CT molecular complexity index is 698. The molecule has 8 nitrogen and oxygen atoms in total. The zero-order chi connectivity index (χ0) is 15.4. The summed E-state index contributed by atoms with van der Waals surface area (Å²) in [6, 6.07) is 7.73. The van der Waals surface area contributed by atoms with Crippen molar-refractivity contribution in [2.75, 3.05) is 5.43 Å². The highest BCUT2D eigenvalue weighted by molar-refractivity contribution is 5.85. The van der Waals surface area contributed by atoms with E-state index in [-0.39, 0.29) is 22.7 Å². The van der Waals surface area contributed by atoms with Crippen molar-refractivity contribution in [3.05, 3.63) is 52.1 Å². The Kier molecular flexibility index (Phi) is 3.89. The maximum atomic E-state index is 10.5. The number of phenolic OH excluding ortho intramolecular Hbond substituents is 3. The van der Waals surface area contributed by atoms with Crippen LogP contribution in [0.1, 0.15) is 5.56 Å². The Hall–Kier alpha value is -3.29. The summed E-state index contributed by atoms with van der Waals surface area (Å²) in [6.07, 6.45) is 1.23. The molecule has 0 aliphatic carbocycles. The number of benzene rings is 2. The number of rotatable bonds is 4. The fourth-order valence-electron chi connectivity index (χ4n) is 1.52. The smallest absolute Gasteiger partial charge is 0.269 e. The van der Waals surface area contributed by atoms with Gasteiger partial charge in [-0.2, -0.15) is 5.10 Å². The summed E-state index contributed by atoms with van der Waals surface area (Å²) in [7, 11) is 0. The van der Waals surface area contributed by atoms with E-state index < -0.39 is 10.7 Å². The predicted molar refractivity (Wildman–Crippen MR) is 75.7 cm³/mol. The van der Waals surface area contributed by atoms with Crippen molar-refractivity contribution in [1.82, 2.24) is 0 Å². The van der Waals surface area contributed by atoms with Crippen LogP contribution in [0.15, 0.2) is 41.5 Å². The van der Waals surface area contributed by atoms with Crippen LogP contribution in [-0.4, -0.2) is 26.5 Å². The Labute approximate surface area is 118 Å². The zero-order valence-electron chi connectivity index (χ0n) is 10.6. The van der Waals surface area contributed by atoms with Gasteiger partial charge in [-0.3, -0.25) is 15.5 Å². The van der Waals surface area contributed by atoms with E-state index in [4.69, 9.17) is 0 Å². The second kappa shape index (κ2) is 5.78. The van der Waals surface area contributed by atoms with E-state index in [1.807, 2.05) is 0 Å². The molecule has 0 heterocycles. The monoisotopic (exact) mass is 289 g/mol. The summed E-state index contributed by atoms with van der Waals surface area (Å²) in [5.41, 5.74) is 3.28. The molecule has 2 aromatic carbocycles. The minimum atomic E-state index is -0.510. The molecule has 108 valence electrons. The van der Waals surface area contributed by atoms with Gasteiger partial charge in [0, 0.05) is 23.8 Å². The first-order valence-electron chi connectivity index (χ1n) is 5.76. The summed E-state index contributed by atoms with van der Waals surface area (Å²) in [4.78, 5) is 9.98. The number of nitrogens with zero attached hydrogens (tertiary/aromatic N) is 2. The molecule has 21 heavy (non-hydrogen) atoms. The fourth-order valence-corrected chi connectivity index (χ4v) is 1.52. The van der Waals surface area contributed by atoms with E-state index in [9.17, 15) is 25.4 Å². The van der Waals surface area contributed by atoms with E-state index >= 15 is 0 Å². The first-order chi connectivity index (χ1) is 9.97. The Morgan fingerprint density at radius 3 is 2.29 bits per heavy atom. The second-order valence-electron chi connectivity index (χ2n) is 4.07. The van der Waals surface area contributed by atoms with Crippen LogP contribution in [0, 0.1) is 10.1 Å². The molecule has 0 aliphatic rings. The summed E-state index contributed by atoms with van der Waals surface area (Å²) in [5.74, 6) is -1.07. The van der Waals surface area contributed by atoms with Gasteiger partial charge in [-0.15, -0.1) is 0 Å². The molecule has 0 atom stereocenters. The molecule has 0 amide bonds. The van der Waals surface area contributed by atoms with Gasteiger partial charge in [-0.1, -0.05) is 0 Å². The summed E-state index contributed by atoms with van der Waals surface area (Å²) in [5, 5.41) is 42.3. The molecular formula is C13H11N3O5. The van der Waals surface area contributed by atoms with Crippen LogP contribution in [0.5, 0.6) is 17.2 Å². The number of nitrogens with one attached hydrogen (secondary N) is 1. The molecule has 0 radical (unpaired) electrons. The lowest BCUT2D eigenvalue weighted by Gasteiger charge is -2.03. The van der Waals surface area contributed by atoms with Gasteiger partial charge in [0.15, 0.2) is 11.5 Å². The van der Waals surface area contributed by atoms with Crippen LogP contribution in [0.4, 0.5) is 11.4 Å². The molecule has 4 N–H and O–H groups in total. The molecule has 0 bridgehead atoms. The Morgan fingerprint density at radius 2 is 1.67 bits per heavy atom. The molecule has 0 unspecified atom stereocenters. The number of hydrazone groups is 1. The lowest BCUT2D eigenvalue weighted by atomic mass is 10.2. The van der Waals surface area contributed by atoms with Crippen molar-refractivity contribution >= 4 is 17.6 Å². The number of phenols is 3. The lowest BCUT2D eigenvalue weighted by Crippen LogP contribution is -1.92. The topological polar surface area (TPSA) is 128 Å². The predicted octanol–water partition coefficient (Wildman–Crippen LogP) is 2.16. The highest BCUT2D eigenvalue weighted by Crippen LogP contribution is 2.31. The maximum Gasteiger partial charge on any atom is 0.269 e. The van der Waals surface area contributed by atoms with Crippen LogP contribution < -0.4 is 5.43 Å². The van der Waals surface area contributed by atoms with Gasteiger partial charge in [0.2, 0.25) is 0 Å². The number of hydrogen-bond acceptors (Lipinski definition) is 7. The maximum absolute atomic E-state index is 10.5. The van der Waals surface area contributed by atoms with E-state index in [2.05, 4.69) is 10.5 Å². The summed E-state index contributed by atoms with van der Waals surface area (Å²) < 4.78 is 0. The number of non-ortho nitro benzene ring substituents is 1. The lowest BCUT2D eigenvalue weighted by molar-refractivity contribution is -0.384. The molecule has 0 saturated carbocycles. The number of nitro groups is 1. The van der Waals surface area contributed by atoms with E-state index in [1.165, 1.54) is 30.5 Å². The third-order valence-electron chi connectivity index (χ3n) is 2.60. The normalized spacial score (nSPS) is 10.7. The highest BCUT2D eigenvalue weighted by atomic mass is 16.6. The Balaban J connectivity index is 2.09. The third-order valence-corrected chi connectivity index (χ3v) is 2.60. The van der Waals surface area contributed by atoms with Gasteiger partial charge in [-0.25, -0.2) is 0 Å². The average Bonchev–Trinajstić information content (AvgIpc) is 2.45. The van der Waals surface area contributed by atoms with Crippen LogP contribution in [0.25, 0.3) is 0 Å². The van der Waals surface area contributed by atoms with E-state index in [0.717, 1.165) is 12.1 Å². The van der Waals surface area contributed by atoms with Crippen LogP contribution in [-0.2, 0) is 0 Å². The average molecular weight is 289 g/mol. The molecule has 8 heteroatoms. The summed E-state index contributed by atoms with van der Waals surface area (Å²) >= 11 is 0. The Morgan fingerprint density at radius 1 is 1.05 bits per heavy atom. The quantitative estimate of drug-likeness (QED) is 0.224. The molecule has 0 aromatic heterocycles. The van der Waals surface area contributed by atoms with Crippen molar-refractivity contribution in [3.8, 4) is 17.2 Å². The van der Waals surface area contributed by atoms with Crippen LogP contribution in [0.3, 0.4) is 0 Å². The number of aromatic hydroxyl groups is 3. The minimum Gasteiger partial charge on any atom is -0.507 e.